The molecule has 2 nitrogen and oxygen atoms in total. The van der Waals surface area contributed by atoms with Crippen molar-refractivity contribution in [1.29, 1.82) is 0 Å². The van der Waals surface area contributed by atoms with Crippen LogP contribution in [-0.4, -0.2) is 25.6 Å². The molecule has 0 radical (unpaired) electrons. The van der Waals surface area contributed by atoms with Crippen LogP contribution in [0.15, 0.2) is 34.9 Å². The van der Waals surface area contributed by atoms with E-state index in [4.69, 9.17) is 4.43 Å². The smallest absolute Gasteiger partial charge is 0.192 e. The minimum absolute atomic E-state index is 0.0149. The number of fused-ring (bicyclic) bond motifs is 1. The van der Waals surface area contributed by atoms with Crippen molar-refractivity contribution in [3.8, 4) is 0 Å². The number of hydrogen-bond acceptors (Lipinski definition) is 2. The van der Waals surface area contributed by atoms with E-state index in [9.17, 15) is 5.11 Å². The Bertz CT molecular complexity index is 513. The van der Waals surface area contributed by atoms with Crippen molar-refractivity contribution in [2.45, 2.75) is 70.9 Å². The quantitative estimate of drug-likeness (QED) is 0.765. The normalized spacial score (nSPS) is 29.9. The second kappa shape index (κ2) is 5.22. The molecule has 3 heteroatoms. The zero-order chi connectivity index (χ0) is 15.3. The van der Waals surface area contributed by atoms with E-state index in [1.54, 1.807) is 0 Å². The Balaban J connectivity index is 1.97. The molecule has 1 fully saturated rings. The monoisotopic (exact) mass is 304 g/mol. The van der Waals surface area contributed by atoms with Crippen molar-refractivity contribution in [3.63, 3.8) is 0 Å². The second-order valence-electron chi connectivity index (χ2n) is 6.90. The Hall–Kier alpha value is -0.643. The maximum atomic E-state index is 10.9. The first kappa shape index (κ1) is 15.3. The van der Waals surface area contributed by atoms with Crippen LogP contribution < -0.4 is 0 Å². The second-order valence-corrected chi connectivity index (χ2v) is 11.6. The van der Waals surface area contributed by atoms with Gasteiger partial charge in [0.2, 0.25) is 0 Å². The zero-order valence-corrected chi connectivity index (χ0v) is 14.8. The lowest BCUT2D eigenvalue weighted by Crippen LogP contribution is -2.51. The Morgan fingerprint density at radius 1 is 1.24 bits per heavy atom. The van der Waals surface area contributed by atoms with Crippen LogP contribution in [0.5, 0.6) is 0 Å². The number of hydrogen-bond donors (Lipinski definition) is 1. The third kappa shape index (κ3) is 2.13. The van der Waals surface area contributed by atoms with E-state index in [1.807, 2.05) is 0 Å². The summed E-state index contributed by atoms with van der Waals surface area (Å²) in [6.07, 6.45) is 8.19. The molecule has 1 saturated carbocycles. The number of allylic oxidation sites excluding steroid dienone is 3. The fraction of sp³-hybridized carbons (Fsp3) is 0.667. The molecular weight excluding hydrogens is 276 g/mol. The van der Waals surface area contributed by atoms with Gasteiger partial charge in [-0.2, -0.15) is 0 Å². The molecule has 0 aromatic heterocycles. The molecule has 0 saturated heterocycles. The van der Waals surface area contributed by atoms with Crippen LogP contribution in [0.2, 0.25) is 18.1 Å². The van der Waals surface area contributed by atoms with Gasteiger partial charge in [-0.3, -0.25) is 0 Å². The van der Waals surface area contributed by atoms with Gasteiger partial charge in [0.05, 0.1) is 6.10 Å². The minimum Gasteiger partial charge on any atom is -0.410 e. The highest BCUT2D eigenvalue weighted by Gasteiger charge is 2.59. The Kier molecular flexibility index (Phi) is 3.79. The van der Waals surface area contributed by atoms with Crippen molar-refractivity contribution >= 4 is 8.32 Å². The Morgan fingerprint density at radius 3 is 2.38 bits per heavy atom. The molecule has 0 aromatic carbocycles. The van der Waals surface area contributed by atoms with Gasteiger partial charge in [-0.05, 0) is 49.0 Å². The van der Waals surface area contributed by atoms with Gasteiger partial charge in [-0.1, -0.05) is 44.6 Å². The van der Waals surface area contributed by atoms with Crippen molar-refractivity contribution < 1.29 is 9.53 Å². The fourth-order valence-electron chi connectivity index (χ4n) is 4.22. The van der Waals surface area contributed by atoms with Gasteiger partial charge in [-0.25, -0.2) is 0 Å². The zero-order valence-electron chi connectivity index (χ0n) is 13.8. The summed E-state index contributed by atoms with van der Waals surface area (Å²) in [4.78, 5) is 0. The number of rotatable bonds is 5. The van der Waals surface area contributed by atoms with Crippen molar-refractivity contribution in [3.05, 3.63) is 34.9 Å². The van der Waals surface area contributed by atoms with Crippen LogP contribution in [0.1, 0.15) is 40.5 Å². The molecule has 3 aliphatic carbocycles. The standard InChI is InChI=1S/C18H28O2Si/c1-5-21(6-2,7-3)20-17-16(19)15-10-8-9-14(15)13(4)18(17)11-12-18/h8-10,16-17,19H,5-7,11-12H2,1-4H3/t16-,17-/m1/s1. The van der Waals surface area contributed by atoms with E-state index in [0.717, 1.165) is 23.7 Å². The fourth-order valence-corrected chi connectivity index (χ4v) is 7.11. The topological polar surface area (TPSA) is 29.5 Å². The molecule has 0 heterocycles. The van der Waals surface area contributed by atoms with E-state index >= 15 is 0 Å². The third-order valence-corrected chi connectivity index (χ3v) is 10.9. The molecular formula is C18H28O2Si. The lowest BCUT2D eigenvalue weighted by atomic mass is 9.75. The van der Waals surface area contributed by atoms with E-state index in [-0.39, 0.29) is 11.5 Å². The van der Waals surface area contributed by atoms with Crippen LogP contribution in [0, 0.1) is 5.41 Å². The predicted molar refractivity (Wildman–Crippen MR) is 89.7 cm³/mol. The Morgan fingerprint density at radius 2 is 1.86 bits per heavy atom. The minimum atomic E-state index is -1.70. The van der Waals surface area contributed by atoms with E-state index in [2.05, 4.69) is 45.9 Å². The van der Waals surface area contributed by atoms with Crippen LogP contribution in [0.25, 0.3) is 0 Å². The first-order chi connectivity index (χ1) is 10.0. The highest BCUT2D eigenvalue weighted by atomic mass is 28.4. The van der Waals surface area contributed by atoms with Crippen molar-refractivity contribution in [2.24, 2.45) is 5.41 Å². The molecule has 2 atom stereocenters. The van der Waals surface area contributed by atoms with Crippen LogP contribution in [0.4, 0.5) is 0 Å². The molecule has 0 amide bonds. The lowest BCUT2D eigenvalue weighted by molar-refractivity contribution is 0.00930. The highest BCUT2D eigenvalue weighted by molar-refractivity contribution is 6.73. The summed E-state index contributed by atoms with van der Waals surface area (Å²) in [5.41, 5.74) is 3.93. The first-order valence-electron chi connectivity index (χ1n) is 8.49. The molecule has 21 heavy (non-hydrogen) atoms. The lowest BCUT2D eigenvalue weighted by Gasteiger charge is -2.44. The van der Waals surface area contributed by atoms with Gasteiger partial charge in [0.25, 0.3) is 0 Å². The average molecular weight is 305 g/mol. The predicted octanol–water partition coefficient (Wildman–Crippen LogP) is 4.34. The summed E-state index contributed by atoms with van der Waals surface area (Å²) in [5.74, 6) is 0. The molecule has 3 rings (SSSR count). The Labute approximate surface area is 129 Å². The molecule has 0 bridgehead atoms. The molecule has 0 aliphatic heterocycles. The van der Waals surface area contributed by atoms with Gasteiger partial charge in [0, 0.05) is 5.41 Å². The molecule has 116 valence electrons. The third-order valence-electron chi connectivity index (χ3n) is 6.25. The van der Waals surface area contributed by atoms with E-state index < -0.39 is 14.4 Å². The van der Waals surface area contributed by atoms with Crippen LogP contribution >= 0.6 is 0 Å². The van der Waals surface area contributed by atoms with Gasteiger partial charge >= 0.3 is 0 Å². The summed E-state index contributed by atoms with van der Waals surface area (Å²) in [6, 6.07) is 3.44. The average Bonchev–Trinajstić information content (AvgIpc) is 3.15. The van der Waals surface area contributed by atoms with Gasteiger partial charge < -0.3 is 9.53 Å². The summed E-state index contributed by atoms with van der Waals surface area (Å²) < 4.78 is 6.78. The van der Waals surface area contributed by atoms with E-state index in [1.165, 1.54) is 24.0 Å². The SMILES string of the molecule is CC[Si](CC)(CC)O[C@@H]1[C@H](O)C2=CC=CC2=C(C)C12CC2. The van der Waals surface area contributed by atoms with Crippen molar-refractivity contribution in [2.75, 3.05) is 0 Å². The summed E-state index contributed by atoms with van der Waals surface area (Å²) in [7, 11) is -1.70. The van der Waals surface area contributed by atoms with Crippen LogP contribution in [0.3, 0.4) is 0 Å². The van der Waals surface area contributed by atoms with E-state index in [0.29, 0.717) is 0 Å². The van der Waals surface area contributed by atoms with Crippen molar-refractivity contribution in [1.82, 2.24) is 0 Å². The molecule has 0 unspecified atom stereocenters. The summed E-state index contributed by atoms with van der Waals surface area (Å²) >= 11 is 0. The molecule has 3 aliphatic rings. The highest BCUT2D eigenvalue weighted by Crippen LogP contribution is 2.62. The molecule has 1 N–H and O–H groups in total. The largest absolute Gasteiger partial charge is 0.410 e. The van der Waals surface area contributed by atoms with Crippen LogP contribution in [-0.2, 0) is 4.43 Å². The van der Waals surface area contributed by atoms with Gasteiger partial charge in [-0.15, -0.1) is 0 Å². The number of aliphatic hydroxyl groups excluding tert-OH is 1. The summed E-state index contributed by atoms with van der Waals surface area (Å²) in [5, 5.41) is 10.9. The van der Waals surface area contributed by atoms with Gasteiger partial charge in [0.1, 0.15) is 6.10 Å². The molecule has 1 spiro atoms. The summed E-state index contributed by atoms with van der Waals surface area (Å²) in [6.45, 7) is 9.04. The molecule has 0 aromatic rings. The maximum absolute atomic E-state index is 10.9. The number of aliphatic hydroxyl groups is 1. The van der Waals surface area contributed by atoms with Gasteiger partial charge in [0.15, 0.2) is 8.32 Å². The first-order valence-corrected chi connectivity index (χ1v) is 11.0. The maximum Gasteiger partial charge on any atom is 0.192 e.